The lowest BCUT2D eigenvalue weighted by Gasteiger charge is -2.31. The van der Waals surface area contributed by atoms with Crippen molar-refractivity contribution < 1.29 is 17.9 Å². The Morgan fingerprint density at radius 1 is 1.26 bits per heavy atom. The van der Waals surface area contributed by atoms with Crippen LogP contribution in [0.2, 0.25) is 0 Å². The second-order valence-electron chi connectivity index (χ2n) is 5.42. The number of rotatable bonds is 7. The third-order valence-electron chi connectivity index (χ3n) is 3.83. The number of benzene rings is 1. The Morgan fingerprint density at radius 2 is 1.96 bits per heavy atom. The predicted molar refractivity (Wildman–Crippen MR) is 91.6 cm³/mol. The van der Waals surface area contributed by atoms with E-state index in [1.165, 1.54) is 4.31 Å². The van der Waals surface area contributed by atoms with E-state index in [0.29, 0.717) is 43.5 Å². The molecule has 1 atom stereocenters. The number of ether oxygens (including phenoxy) is 2. The molecule has 0 spiro atoms. The van der Waals surface area contributed by atoms with Crippen LogP contribution >= 0.6 is 12.4 Å². The second kappa shape index (κ2) is 9.44. The summed E-state index contributed by atoms with van der Waals surface area (Å²) >= 11 is 0. The third kappa shape index (κ3) is 5.32. The van der Waals surface area contributed by atoms with Crippen LogP contribution in [0.25, 0.3) is 0 Å². The first-order valence-electron chi connectivity index (χ1n) is 7.50. The van der Waals surface area contributed by atoms with Gasteiger partial charge in [0.15, 0.2) is 0 Å². The van der Waals surface area contributed by atoms with E-state index in [1.807, 2.05) is 0 Å². The van der Waals surface area contributed by atoms with Gasteiger partial charge in [-0.25, -0.2) is 8.42 Å². The van der Waals surface area contributed by atoms with Gasteiger partial charge in [0.2, 0.25) is 10.0 Å². The highest BCUT2D eigenvalue weighted by molar-refractivity contribution is 7.89. The van der Waals surface area contributed by atoms with Crippen LogP contribution in [-0.4, -0.2) is 52.7 Å². The molecule has 1 heterocycles. The highest BCUT2D eigenvalue weighted by atomic mass is 35.5. The van der Waals surface area contributed by atoms with E-state index in [0.717, 1.165) is 12.8 Å². The van der Waals surface area contributed by atoms with Crippen LogP contribution in [0.3, 0.4) is 0 Å². The number of hydrogen-bond acceptors (Lipinski definition) is 5. The van der Waals surface area contributed by atoms with Gasteiger partial charge in [-0.2, -0.15) is 4.31 Å². The maximum atomic E-state index is 12.6. The first kappa shape index (κ1) is 20.2. The molecule has 1 unspecified atom stereocenters. The minimum Gasteiger partial charge on any atom is -0.491 e. The van der Waals surface area contributed by atoms with Gasteiger partial charge >= 0.3 is 0 Å². The Labute approximate surface area is 144 Å². The van der Waals surface area contributed by atoms with E-state index < -0.39 is 10.0 Å². The van der Waals surface area contributed by atoms with E-state index in [2.05, 4.69) is 0 Å². The van der Waals surface area contributed by atoms with Gasteiger partial charge in [0.25, 0.3) is 0 Å². The van der Waals surface area contributed by atoms with E-state index in [4.69, 9.17) is 15.2 Å². The molecule has 1 aromatic rings. The van der Waals surface area contributed by atoms with E-state index in [-0.39, 0.29) is 18.3 Å². The highest BCUT2D eigenvalue weighted by Gasteiger charge is 2.29. The van der Waals surface area contributed by atoms with Gasteiger partial charge in [-0.3, -0.25) is 0 Å². The van der Waals surface area contributed by atoms with Gasteiger partial charge in [0.1, 0.15) is 12.4 Å². The first-order valence-corrected chi connectivity index (χ1v) is 8.94. The lowest BCUT2D eigenvalue weighted by atomic mass is 10.0. The molecule has 1 aliphatic heterocycles. The molecule has 1 saturated heterocycles. The zero-order valence-electron chi connectivity index (χ0n) is 13.3. The molecule has 0 amide bonds. The molecular formula is C15H25ClN2O4S. The summed E-state index contributed by atoms with van der Waals surface area (Å²) in [6.45, 7) is 2.52. The quantitative estimate of drug-likeness (QED) is 0.741. The average molecular weight is 365 g/mol. The maximum Gasteiger partial charge on any atom is 0.243 e. The van der Waals surface area contributed by atoms with Crippen LogP contribution in [0.5, 0.6) is 5.75 Å². The Balaban J connectivity index is 0.00000264. The standard InChI is InChI=1S/C15H24N2O4S.ClH/c1-20-9-10-21-14-4-6-15(7-5-14)22(18,19)17-8-2-3-13(11-16)12-17;/h4-7,13H,2-3,8-12,16H2,1H3;1H. The number of halogens is 1. The average Bonchev–Trinajstić information content (AvgIpc) is 2.55. The molecule has 2 rings (SSSR count). The molecule has 2 N–H and O–H groups in total. The SMILES string of the molecule is COCCOc1ccc(S(=O)(=O)N2CCCC(CN)C2)cc1.Cl. The van der Waals surface area contributed by atoms with Crippen molar-refractivity contribution in [3.05, 3.63) is 24.3 Å². The van der Waals surface area contributed by atoms with Crippen LogP contribution in [0.15, 0.2) is 29.2 Å². The Kier molecular flexibility index (Phi) is 8.28. The number of nitrogens with two attached hydrogens (primary N) is 1. The molecule has 8 heteroatoms. The normalized spacial score (nSPS) is 19.1. The monoisotopic (exact) mass is 364 g/mol. The van der Waals surface area contributed by atoms with Gasteiger partial charge in [0, 0.05) is 20.2 Å². The number of nitrogens with zero attached hydrogens (tertiary/aromatic N) is 1. The minimum atomic E-state index is -3.45. The fourth-order valence-corrected chi connectivity index (χ4v) is 4.09. The fraction of sp³-hybridized carbons (Fsp3) is 0.600. The van der Waals surface area contributed by atoms with Crippen molar-refractivity contribution >= 4 is 22.4 Å². The van der Waals surface area contributed by atoms with Crippen LogP contribution < -0.4 is 10.5 Å². The first-order chi connectivity index (χ1) is 10.6. The van der Waals surface area contributed by atoms with Crippen molar-refractivity contribution in [1.82, 2.24) is 4.31 Å². The predicted octanol–water partition coefficient (Wildman–Crippen LogP) is 1.49. The molecule has 23 heavy (non-hydrogen) atoms. The second-order valence-corrected chi connectivity index (χ2v) is 7.36. The molecule has 0 saturated carbocycles. The van der Waals surface area contributed by atoms with Crippen LogP contribution in [0.1, 0.15) is 12.8 Å². The summed E-state index contributed by atoms with van der Waals surface area (Å²) in [5.41, 5.74) is 5.68. The summed E-state index contributed by atoms with van der Waals surface area (Å²) in [6.07, 6.45) is 1.86. The summed E-state index contributed by atoms with van der Waals surface area (Å²) in [7, 11) is -1.85. The summed E-state index contributed by atoms with van der Waals surface area (Å²) in [5.74, 6) is 0.884. The minimum absolute atomic E-state index is 0. The molecule has 0 radical (unpaired) electrons. The molecule has 1 aromatic carbocycles. The highest BCUT2D eigenvalue weighted by Crippen LogP contribution is 2.24. The molecule has 1 aliphatic rings. The van der Waals surface area contributed by atoms with Gasteiger partial charge in [-0.1, -0.05) is 0 Å². The molecule has 1 fully saturated rings. The Hall–Kier alpha value is -0.860. The summed E-state index contributed by atoms with van der Waals surface area (Å²) in [6, 6.07) is 6.52. The van der Waals surface area contributed by atoms with Gasteiger partial charge in [-0.15, -0.1) is 12.4 Å². The van der Waals surface area contributed by atoms with Crippen molar-refractivity contribution in [2.45, 2.75) is 17.7 Å². The van der Waals surface area contributed by atoms with Crippen molar-refractivity contribution in [3.63, 3.8) is 0 Å². The van der Waals surface area contributed by atoms with Crippen molar-refractivity contribution in [3.8, 4) is 5.75 Å². The summed E-state index contributed by atoms with van der Waals surface area (Å²) < 4.78 is 37.2. The topological polar surface area (TPSA) is 81.9 Å². The number of piperidine rings is 1. The Morgan fingerprint density at radius 3 is 2.57 bits per heavy atom. The van der Waals surface area contributed by atoms with E-state index in [9.17, 15) is 8.42 Å². The largest absolute Gasteiger partial charge is 0.491 e. The molecular weight excluding hydrogens is 340 g/mol. The van der Waals surface area contributed by atoms with Crippen LogP contribution in [0, 0.1) is 5.92 Å². The third-order valence-corrected chi connectivity index (χ3v) is 5.71. The molecule has 0 aromatic heterocycles. The van der Waals surface area contributed by atoms with E-state index in [1.54, 1.807) is 31.4 Å². The summed E-state index contributed by atoms with van der Waals surface area (Å²) in [5, 5.41) is 0. The molecule has 6 nitrogen and oxygen atoms in total. The van der Waals surface area contributed by atoms with Crippen molar-refractivity contribution in [2.24, 2.45) is 11.7 Å². The Bertz CT molecular complexity index is 565. The molecule has 0 aliphatic carbocycles. The zero-order chi connectivity index (χ0) is 16.0. The number of methoxy groups -OCH3 is 1. The number of hydrogen-bond donors (Lipinski definition) is 1. The van der Waals surface area contributed by atoms with Crippen LogP contribution in [-0.2, 0) is 14.8 Å². The lowest BCUT2D eigenvalue weighted by molar-refractivity contribution is 0.146. The lowest BCUT2D eigenvalue weighted by Crippen LogP contribution is -2.41. The maximum absolute atomic E-state index is 12.6. The van der Waals surface area contributed by atoms with Gasteiger partial charge in [-0.05, 0) is 49.6 Å². The number of sulfonamides is 1. The smallest absolute Gasteiger partial charge is 0.243 e. The van der Waals surface area contributed by atoms with Crippen molar-refractivity contribution in [1.29, 1.82) is 0 Å². The van der Waals surface area contributed by atoms with E-state index >= 15 is 0 Å². The summed E-state index contributed by atoms with van der Waals surface area (Å²) in [4.78, 5) is 0.296. The fourth-order valence-electron chi connectivity index (χ4n) is 2.54. The van der Waals surface area contributed by atoms with Gasteiger partial charge < -0.3 is 15.2 Å². The van der Waals surface area contributed by atoms with Gasteiger partial charge in [0.05, 0.1) is 11.5 Å². The molecule has 132 valence electrons. The zero-order valence-corrected chi connectivity index (χ0v) is 14.9. The van der Waals surface area contributed by atoms with Crippen LogP contribution in [0.4, 0.5) is 0 Å². The molecule has 0 bridgehead atoms. The van der Waals surface area contributed by atoms with Crippen molar-refractivity contribution in [2.75, 3.05) is 40.0 Å².